The predicted octanol–water partition coefficient (Wildman–Crippen LogP) is 2.38. The summed E-state index contributed by atoms with van der Waals surface area (Å²) in [6.45, 7) is 6.12. The van der Waals surface area contributed by atoms with Crippen molar-refractivity contribution in [2.45, 2.75) is 20.3 Å². The van der Waals surface area contributed by atoms with E-state index in [-0.39, 0.29) is 0 Å². The number of hydrogen-bond donors (Lipinski definition) is 1. The third kappa shape index (κ3) is 3.80. The van der Waals surface area contributed by atoms with Crippen molar-refractivity contribution >= 4 is 5.69 Å². The number of ether oxygens (including phenoxy) is 2. The summed E-state index contributed by atoms with van der Waals surface area (Å²) >= 11 is 0. The lowest BCUT2D eigenvalue weighted by molar-refractivity contribution is 0.131. The van der Waals surface area contributed by atoms with Gasteiger partial charge < -0.3 is 15.2 Å². The number of aryl methyl sites for hydroxylation is 1. The van der Waals surface area contributed by atoms with E-state index in [1.807, 2.05) is 32.0 Å². The molecule has 0 aliphatic heterocycles. The first-order chi connectivity index (χ1) is 7.25. The van der Waals surface area contributed by atoms with Gasteiger partial charge in [0.25, 0.3) is 0 Å². The minimum absolute atomic E-state index is 0.648. The van der Waals surface area contributed by atoms with E-state index in [1.165, 1.54) is 0 Å². The first-order valence-corrected chi connectivity index (χ1v) is 5.31. The van der Waals surface area contributed by atoms with E-state index >= 15 is 0 Å². The molecular weight excluding hydrogens is 190 g/mol. The van der Waals surface area contributed by atoms with Crippen LogP contribution in [0.2, 0.25) is 0 Å². The van der Waals surface area contributed by atoms with Gasteiger partial charge in [-0.2, -0.15) is 0 Å². The summed E-state index contributed by atoms with van der Waals surface area (Å²) in [5.41, 5.74) is 7.58. The number of anilines is 1. The molecule has 2 N–H and O–H groups in total. The molecule has 3 heteroatoms. The molecule has 0 aliphatic carbocycles. The Morgan fingerprint density at radius 3 is 2.73 bits per heavy atom. The van der Waals surface area contributed by atoms with Crippen molar-refractivity contribution < 1.29 is 9.47 Å². The molecule has 0 spiro atoms. The highest BCUT2D eigenvalue weighted by Crippen LogP contribution is 2.25. The van der Waals surface area contributed by atoms with Crippen LogP contribution in [0.5, 0.6) is 5.75 Å². The smallest absolute Gasteiger partial charge is 0.145 e. The fraction of sp³-hybridized carbons (Fsp3) is 0.500. The molecule has 0 saturated heterocycles. The zero-order valence-electron chi connectivity index (χ0n) is 9.45. The van der Waals surface area contributed by atoms with Crippen molar-refractivity contribution in [3.63, 3.8) is 0 Å². The highest BCUT2D eigenvalue weighted by molar-refractivity contribution is 5.56. The molecule has 1 rings (SSSR count). The molecule has 3 nitrogen and oxygen atoms in total. The van der Waals surface area contributed by atoms with E-state index in [0.29, 0.717) is 12.3 Å². The van der Waals surface area contributed by atoms with E-state index in [2.05, 4.69) is 0 Å². The maximum Gasteiger partial charge on any atom is 0.145 e. The van der Waals surface area contributed by atoms with E-state index in [4.69, 9.17) is 15.2 Å². The van der Waals surface area contributed by atoms with Crippen molar-refractivity contribution in [3.8, 4) is 5.75 Å². The lowest BCUT2D eigenvalue weighted by Gasteiger charge is -2.11. The summed E-state index contributed by atoms with van der Waals surface area (Å²) < 4.78 is 10.8. The number of nitrogen functional groups attached to an aromatic ring is 1. The monoisotopic (exact) mass is 209 g/mol. The Hall–Kier alpha value is -1.22. The molecule has 84 valence electrons. The van der Waals surface area contributed by atoms with Gasteiger partial charge in [0.05, 0.1) is 12.3 Å². The van der Waals surface area contributed by atoms with Gasteiger partial charge in [0.2, 0.25) is 0 Å². The quantitative estimate of drug-likeness (QED) is 0.578. The van der Waals surface area contributed by atoms with Crippen molar-refractivity contribution in [1.82, 2.24) is 0 Å². The highest BCUT2D eigenvalue weighted by atomic mass is 16.5. The average Bonchev–Trinajstić information content (AvgIpc) is 2.21. The molecule has 1 aromatic carbocycles. The molecule has 0 fully saturated rings. The molecule has 0 bridgehead atoms. The molecule has 15 heavy (non-hydrogen) atoms. The summed E-state index contributed by atoms with van der Waals surface area (Å²) in [5, 5.41) is 0. The molecule has 0 amide bonds. The third-order valence-corrected chi connectivity index (χ3v) is 2.13. The Kier molecular flexibility index (Phi) is 4.98. The molecule has 0 radical (unpaired) electrons. The molecule has 0 aliphatic rings. The fourth-order valence-corrected chi connectivity index (χ4v) is 1.35. The second-order valence-electron chi connectivity index (χ2n) is 3.39. The first kappa shape index (κ1) is 11.9. The van der Waals surface area contributed by atoms with Gasteiger partial charge in [0, 0.05) is 19.6 Å². The Morgan fingerprint density at radius 1 is 1.27 bits per heavy atom. The van der Waals surface area contributed by atoms with Gasteiger partial charge >= 0.3 is 0 Å². The van der Waals surface area contributed by atoms with E-state index in [9.17, 15) is 0 Å². The molecule has 1 aromatic rings. The fourth-order valence-electron chi connectivity index (χ4n) is 1.35. The highest BCUT2D eigenvalue weighted by Gasteiger charge is 2.02. The van der Waals surface area contributed by atoms with Crippen LogP contribution in [-0.4, -0.2) is 19.8 Å². The van der Waals surface area contributed by atoms with Crippen molar-refractivity contribution in [2.24, 2.45) is 0 Å². The van der Waals surface area contributed by atoms with E-state index in [1.54, 1.807) is 0 Å². The summed E-state index contributed by atoms with van der Waals surface area (Å²) in [5.74, 6) is 0.800. The Labute approximate surface area is 91.2 Å². The summed E-state index contributed by atoms with van der Waals surface area (Å²) in [4.78, 5) is 0. The van der Waals surface area contributed by atoms with Crippen molar-refractivity contribution in [1.29, 1.82) is 0 Å². The van der Waals surface area contributed by atoms with Gasteiger partial charge in [0.1, 0.15) is 5.75 Å². The molecule has 0 saturated carbocycles. The first-order valence-electron chi connectivity index (χ1n) is 5.31. The number of rotatable bonds is 6. The number of hydrogen-bond acceptors (Lipinski definition) is 3. The topological polar surface area (TPSA) is 44.5 Å². The van der Waals surface area contributed by atoms with Crippen molar-refractivity contribution in [2.75, 3.05) is 25.6 Å². The summed E-state index contributed by atoms with van der Waals surface area (Å²) in [6.07, 6.45) is 0.890. The lowest BCUT2D eigenvalue weighted by Crippen LogP contribution is -2.05. The van der Waals surface area contributed by atoms with Crippen LogP contribution >= 0.6 is 0 Å². The number of benzene rings is 1. The van der Waals surface area contributed by atoms with Crippen LogP contribution in [0.15, 0.2) is 18.2 Å². The van der Waals surface area contributed by atoms with Gasteiger partial charge in [-0.05, 0) is 25.5 Å². The number of para-hydroxylation sites is 1. The van der Waals surface area contributed by atoms with E-state index in [0.717, 1.165) is 30.9 Å². The minimum atomic E-state index is 0.648. The Bertz CT molecular complexity index is 279. The maximum absolute atomic E-state index is 5.81. The van der Waals surface area contributed by atoms with Crippen LogP contribution in [0, 0.1) is 6.92 Å². The second kappa shape index (κ2) is 6.30. The van der Waals surface area contributed by atoms with Gasteiger partial charge in [-0.1, -0.05) is 12.1 Å². The van der Waals surface area contributed by atoms with Crippen LogP contribution in [-0.2, 0) is 4.74 Å². The standard InChI is InChI=1S/C12H19NO2/c1-3-14-8-5-9-15-12-10(2)6-4-7-11(12)13/h4,6-7H,3,5,8-9,13H2,1-2H3. The molecule has 0 aromatic heterocycles. The average molecular weight is 209 g/mol. The zero-order chi connectivity index (χ0) is 11.1. The minimum Gasteiger partial charge on any atom is -0.491 e. The zero-order valence-corrected chi connectivity index (χ0v) is 9.45. The SMILES string of the molecule is CCOCCCOc1c(C)cccc1N. The van der Waals surface area contributed by atoms with Crippen LogP contribution in [0.25, 0.3) is 0 Å². The van der Waals surface area contributed by atoms with Gasteiger partial charge in [-0.15, -0.1) is 0 Å². The van der Waals surface area contributed by atoms with Crippen LogP contribution in [0.4, 0.5) is 5.69 Å². The Morgan fingerprint density at radius 2 is 2.07 bits per heavy atom. The Balaban J connectivity index is 2.37. The third-order valence-electron chi connectivity index (χ3n) is 2.13. The van der Waals surface area contributed by atoms with Crippen LogP contribution in [0.3, 0.4) is 0 Å². The molecular formula is C12H19NO2. The second-order valence-corrected chi connectivity index (χ2v) is 3.39. The summed E-state index contributed by atoms with van der Waals surface area (Å²) in [6, 6.07) is 5.77. The number of nitrogens with two attached hydrogens (primary N) is 1. The normalized spacial score (nSPS) is 10.3. The van der Waals surface area contributed by atoms with Gasteiger partial charge in [-0.3, -0.25) is 0 Å². The molecule has 0 unspecified atom stereocenters. The lowest BCUT2D eigenvalue weighted by atomic mass is 10.2. The maximum atomic E-state index is 5.81. The van der Waals surface area contributed by atoms with E-state index < -0.39 is 0 Å². The van der Waals surface area contributed by atoms with Crippen molar-refractivity contribution in [3.05, 3.63) is 23.8 Å². The molecule has 0 atom stereocenters. The molecule has 0 heterocycles. The largest absolute Gasteiger partial charge is 0.491 e. The van der Waals surface area contributed by atoms with Crippen LogP contribution < -0.4 is 10.5 Å². The van der Waals surface area contributed by atoms with Crippen LogP contribution in [0.1, 0.15) is 18.9 Å². The van der Waals surface area contributed by atoms with Gasteiger partial charge in [0.15, 0.2) is 0 Å². The predicted molar refractivity (Wildman–Crippen MR) is 62.2 cm³/mol. The summed E-state index contributed by atoms with van der Waals surface area (Å²) in [7, 11) is 0. The van der Waals surface area contributed by atoms with Gasteiger partial charge in [-0.25, -0.2) is 0 Å².